The van der Waals surface area contributed by atoms with Crippen LogP contribution in [0.3, 0.4) is 0 Å². The Morgan fingerprint density at radius 3 is 2.76 bits per heavy atom. The summed E-state index contributed by atoms with van der Waals surface area (Å²) in [6.45, 7) is 1.42. The van der Waals surface area contributed by atoms with Crippen molar-refractivity contribution < 1.29 is 18.0 Å². The van der Waals surface area contributed by atoms with Crippen LogP contribution in [0.4, 0.5) is 13.2 Å². The Morgan fingerprint density at radius 2 is 2.18 bits per heavy atom. The van der Waals surface area contributed by atoms with Crippen LogP contribution in [0.15, 0.2) is 18.5 Å². The van der Waals surface area contributed by atoms with Gasteiger partial charge in [0.25, 0.3) is 0 Å². The van der Waals surface area contributed by atoms with Gasteiger partial charge in [0, 0.05) is 24.9 Å². The molecule has 1 N–H and O–H groups in total. The van der Waals surface area contributed by atoms with E-state index in [1.165, 1.54) is 13.1 Å². The molecule has 0 aromatic carbocycles. The monoisotopic (exact) mass is 242 g/mol. The summed E-state index contributed by atoms with van der Waals surface area (Å²) in [7, 11) is 0. The molecule has 6 heteroatoms. The summed E-state index contributed by atoms with van der Waals surface area (Å²) in [5, 5.41) is 2.41. The largest absolute Gasteiger partial charge is 0.417 e. The molecule has 0 radical (unpaired) electrons. The molecular weight excluding hydrogens is 233 g/mol. The quantitative estimate of drug-likeness (QED) is 0.760. The summed E-state index contributed by atoms with van der Waals surface area (Å²) >= 11 is 0. The summed E-state index contributed by atoms with van der Waals surface area (Å²) in [5.41, 5.74) is -0.686. The van der Waals surface area contributed by atoms with E-state index in [0.29, 0.717) is 0 Å². The van der Waals surface area contributed by atoms with Gasteiger partial charge in [0.1, 0.15) is 0 Å². The number of nitrogens with zero attached hydrogens (tertiary/aromatic N) is 1. The molecule has 0 spiro atoms. The molecule has 0 atom stereocenters. The number of hydrogen-bond acceptors (Lipinski definition) is 2. The van der Waals surface area contributed by atoms with E-state index < -0.39 is 11.7 Å². The lowest BCUT2D eigenvalue weighted by atomic mass is 10.2. The highest BCUT2D eigenvalue weighted by atomic mass is 19.4. The third-order valence-electron chi connectivity index (χ3n) is 1.72. The number of aromatic nitrogens is 1. The van der Waals surface area contributed by atoms with Crippen LogP contribution in [0.1, 0.15) is 18.1 Å². The van der Waals surface area contributed by atoms with Gasteiger partial charge >= 0.3 is 6.18 Å². The highest BCUT2D eigenvalue weighted by Crippen LogP contribution is 2.28. The molecule has 1 amide bonds. The minimum absolute atomic E-state index is 0.0889. The third-order valence-corrected chi connectivity index (χ3v) is 1.72. The number of nitrogens with one attached hydrogen (secondary N) is 1. The highest BCUT2D eigenvalue weighted by molar-refractivity contribution is 5.73. The third kappa shape index (κ3) is 4.55. The van der Waals surface area contributed by atoms with Crippen LogP contribution in [0, 0.1) is 11.8 Å². The first-order valence-corrected chi connectivity index (χ1v) is 4.65. The fourth-order valence-corrected chi connectivity index (χ4v) is 0.978. The van der Waals surface area contributed by atoms with E-state index in [2.05, 4.69) is 22.1 Å². The van der Waals surface area contributed by atoms with E-state index in [1.54, 1.807) is 0 Å². The molecule has 0 fully saturated rings. The first-order chi connectivity index (χ1) is 7.89. The molecule has 0 aliphatic carbocycles. The second-order valence-corrected chi connectivity index (χ2v) is 3.17. The molecule has 1 aromatic rings. The highest BCUT2D eigenvalue weighted by Gasteiger charge is 2.30. The van der Waals surface area contributed by atoms with Gasteiger partial charge in [0.05, 0.1) is 12.1 Å². The number of pyridine rings is 1. The van der Waals surface area contributed by atoms with E-state index in [-0.39, 0.29) is 18.0 Å². The van der Waals surface area contributed by atoms with Gasteiger partial charge < -0.3 is 5.32 Å². The predicted molar refractivity (Wildman–Crippen MR) is 54.8 cm³/mol. The molecule has 0 bridgehead atoms. The Labute approximate surface area is 96.0 Å². The van der Waals surface area contributed by atoms with Gasteiger partial charge in [-0.3, -0.25) is 9.78 Å². The molecule has 90 valence electrons. The minimum atomic E-state index is -4.43. The van der Waals surface area contributed by atoms with Crippen molar-refractivity contribution in [2.45, 2.75) is 13.1 Å². The Kier molecular flexibility index (Phi) is 4.10. The van der Waals surface area contributed by atoms with Crippen LogP contribution in [0.5, 0.6) is 0 Å². The minimum Gasteiger partial charge on any atom is -0.345 e. The maximum absolute atomic E-state index is 12.3. The molecule has 0 aliphatic heterocycles. The second kappa shape index (κ2) is 5.34. The number of amides is 1. The van der Waals surface area contributed by atoms with Gasteiger partial charge in [-0.25, -0.2) is 0 Å². The summed E-state index contributed by atoms with van der Waals surface area (Å²) in [6, 6.07) is 0.910. The van der Waals surface area contributed by atoms with Crippen molar-refractivity contribution in [2.75, 3.05) is 6.54 Å². The van der Waals surface area contributed by atoms with E-state index >= 15 is 0 Å². The van der Waals surface area contributed by atoms with Gasteiger partial charge in [-0.15, -0.1) is 0 Å². The second-order valence-electron chi connectivity index (χ2n) is 3.17. The Morgan fingerprint density at radius 1 is 1.47 bits per heavy atom. The van der Waals surface area contributed by atoms with Crippen LogP contribution in [0.2, 0.25) is 0 Å². The Bertz CT molecular complexity index is 472. The smallest absolute Gasteiger partial charge is 0.345 e. The zero-order valence-electron chi connectivity index (χ0n) is 8.93. The van der Waals surface area contributed by atoms with Crippen LogP contribution in [-0.2, 0) is 11.0 Å². The SMILES string of the molecule is CC(=O)NCC#Cc1cncc(C(F)(F)F)c1. The van der Waals surface area contributed by atoms with Crippen molar-refractivity contribution in [3.8, 4) is 11.8 Å². The van der Waals surface area contributed by atoms with Crippen molar-refractivity contribution in [2.24, 2.45) is 0 Å². The van der Waals surface area contributed by atoms with Gasteiger partial charge in [-0.1, -0.05) is 11.8 Å². The first kappa shape index (κ1) is 13.0. The summed E-state index contributed by atoms with van der Waals surface area (Å²) < 4.78 is 37.0. The maximum Gasteiger partial charge on any atom is 0.417 e. The number of carbonyl (C=O) groups excluding carboxylic acids is 1. The van der Waals surface area contributed by atoms with Crippen LogP contribution < -0.4 is 5.32 Å². The van der Waals surface area contributed by atoms with Gasteiger partial charge in [-0.2, -0.15) is 13.2 Å². The van der Waals surface area contributed by atoms with Crippen molar-refractivity contribution in [1.82, 2.24) is 10.3 Å². The lowest BCUT2D eigenvalue weighted by Crippen LogP contribution is -2.19. The van der Waals surface area contributed by atoms with E-state index in [0.717, 1.165) is 12.3 Å². The number of halogens is 3. The molecule has 1 rings (SSSR count). The summed E-state index contributed by atoms with van der Waals surface area (Å²) in [5.74, 6) is 4.76. The fourth-order valence-electron chi connectivity index (χ4n) is 0.978. The lowest BCUT2D eigenvalue weighted by molar-refractivity contribution is -0.137. The van der Waals surface area contributed by atoms with Gasteiger partial charge in [-0.05, 0) is 6.07 Å². The number of rotatable bonds is 1. The molecule has 0 saturated carbocycles. The topological polar surface area (TPSA) is 42.0 Å². The maximum atomic E-state index is 12.3. The first-order valence-electron chi connectivity index (χ1n) is 4.65. The molecule has 3 nitrogen and oxygen atoms in total. The zero-order chi connectivity index (χ0) is 12.9. The normalized spacial score (nSPS) is 10.4. The van der Waals surface area contributed by atoms with Crippen LogP contribution >= 0.6 is 0 Å². The molecule has 0 saturated heterocycles. The van der Waals surface area contributed by atoms with Gasteiger partial charge in [0.2, 0.25) is 5.91 Å². The zero-order valence-corrected chi connectivity index (χ0v) is 8.93. The van der Waals surface area contributed by atoms with Crippen molar-refractivity contribution in [3.63, 3.8) is 0 Å². The molecule has 17 heavy (non-hydrogen) atoms. The van der Waals surface area contributed by atoms with Gasteiger partial charge in [0.15, 0.2) is 0 Å². The summed E-state index contributed by atoms with van der Waals surface area (Å²) in [4.78, 5) is 14.0. The average molecular weight is 242 g/mol. The summed E-state index contributed by atoms with van der Waals surface area (Å²) in [6.07, 6.45) is -2.46. The molecule has 0 unspecified atom stereocenters. The van der Waals surface area contributed by atoms with E-state index in [9.17, 15) is 18.0 Å². The molecule has 1 heterocycles. The van der Waals surface area contributed by atoms with Crippen molar-refractivity contribution in [3.05, 3.63) is 29.6 Å². The van der Waals surface area contributed by atoms with Crippen LogP contribution in [0.25, 0.3) is 0 Å². The molecule has 0 aliphatic rings. The number of carbonyl (C=O) groups is 1. The average Bonchev–Trinajstić information content (AvgIpc) is 2.23. The predicted octanol–water partition coefficient (Wildman–Crippen LogP) is 1.59. The van der Waals surface area contributed by atoms with Crippen molar-refractivity contribution in [1.29, 1.82) is 0 Å². The Hall–Kier alpha value is -2.03. The lowest BCUT2D eigenvalue weighted by Gasteiger charge is -2.05. The molecular formula is C11H9F3N2O. The fraction of sp³-hybridized carbons (Fsp3) is 0.273. The standard InChI is InChI=1S/C11H9F3N2O/c1-8(17)16-4-2-3-9-5-10(7-15-6-9)11(12,13)14/h5-7H,4H2,1H3,(H,16,17). The van der Waals surface area contributed by atoms with Crippen LogP contribution in [-0.4, -0.2) is 17.4 Å². The number of alkyl halides is 3. The van der Waals surface area contributed by atoms with E-state index in [4.69, 9.17) is 0 Å². The Balaban J connectivity index is 2.76. The van der Waals surface area contributed by atoms with Crippen molar-refractivity contribution >= 4 is 5.91 Å². The number of hydrogen-bond donors (Lipinski definition) is 1. The van der Waals surface area contributed by atoms with E-state index in [1.807, 2.05) is 0 Å². The molecule has 1 aromatic heterocycles.